The van der Waals surface area contributed by atoms with E-state index in [1.54, 1.807) is 6.07 Å². The summed E-state index contributed by atoms with van der Waals surface area (Å²) in [6.45, 7) is 0.355. The lowest BCUT2D eigenvalue weighted by molar-refractivity contribution is -0.189. The van der Waals surface area contributed by atoms with E-state index >= 15 is 0 Å². The average molecular weight is 287 g/mol. The molecule has 20 heavy (non-hydrogen) atoms. The topological polar surface area (TPSA) is 32.3 Å². The molecule has 0 radical (unpaired) electrons. The summed E-state index contributed by atoms with van der Waals surface area (Å²) >= 11 is 0. The minimum atomic E-state index is -4.12. The number of aliphatic hydroxyl groups is 1. The van der Waals surface area contributed by atoms with Crippen molar-refractivity contribution in [2.75, 3.05) is 0 Å². The standard InChI is InChI=1S/C15H20F3NO/c16-15(17,18)13-6-1-2-7-14(13)19-9-11-4-3-5-12(8-11)10-20/h3-5,8,13-14,19-20H,1-2,6-7,9-10H2. The van der Waals surface area contributed by atoms with E-state index < -0.39 is 18.1 Å². The molecule has 0 aliphatic heterocycles. The maximum Gasteiger partial charge on any atom is 0.393 e. The Hall–Kier alpha value is -1.07. The van der Waals surface area contributed by atoms with Crippen molar-refractivity contribution >= 4 is 0 Å². The number of alkyl halides is 3. The Morgan fingerprint density at radius 1 is 1.15 bits per heavy atom. The molecule has 2 atom stereocenters. The van der Waals surface area contributed by atoms with Gasteiger partial charge in [-0.3, -0.25) is 0 Å². The van der Waals surface area contributed by atoms with E-state index in [1.165, 1.54) is 0 Å². The van der Waals surface area contributed by atoms with Gasteiger partial charge in [0.25, 0.3) is 0 Å². The number of rotatable bonds is 4. The number of aliphatic hydroxyl groups excluding tert-OH is 1. The summed E-state index contributed by atoms with van der Waals surface area (Å²) in [6, 6.07) is 6.78. The van der Waals surface area contributed by atoms with Gasteiger partial charge in [0.2, 0.25) is 0 Å². The SMILES string of the molecule is OCc1cccc(CNC2CCCCC2C(F)(F)F)c1. The molecule has 1 aromatic carbocycles. The third kappa shape index (κ3) is 3.96. The Morgan fingerprint density at radius 2 is 1.85 bits per heavy atom. The summed E-state index contributed by atoms with van der Waals surface area (Å²) in [4.78, 5) is 0. The van der Waals surface area contributed by atoms with Crippen molar-refractivity contribution in [1.29, 1.82) is 0 Å². The van der Waals surface area contributed by atoms with Crippen molar-refractivity contribution in [3.05, 3.63) is 35.4 Å². The predicted molar refractivity (Wildman–Crippen MR) is 71.0 cm³/mol. The molecule has 2 nitrogen and oxygen atoms in total. The Balaban J connectivity index is 1.97. The molecular formula is C15H20F3NO. The molecular weight excluding hydrogens is 267 g/mol. The Morgan fingerprint density at radius 3 is 2.55 bits per heavy atom. The molecule has 1 aliphatic carbocycles. The lowest BCUT2D eigenvalue weighted by Gasteiger charge is -2.33. The van der Waals surface area contributed by atoms with Gasteiger partial charge in [0, 0.05) is 12.6 Å². The molecule has 2 rings (SSSR count). The van der Waals surface area contributed by atoms with Gasteiger partial charge in [-0.25, -0.2) is 0 Å². The number of hydrogen-bond acceptors (Lipinski definition) is 2. The van der Waals surface area contributed by atoms with Crippen LogP contribution in [0.3, 0.4) is 0 Å². The quantitative estimate of drug-likeness (QED) is 0.889. The highest BCUT2D eigenvalue weighted by Crippen LogP contribution is 2.37. The van der Waals surface area contributed by atoms with Crippen LogP contribution in [0.15, 0.2) is 24.3 Å². The predicted octanol–water partition coefficient (Wildman–Crippen LogP) is 3.39. The summed E-state index contributed by atoms with van der Waals surface area (Å²) < 4.78 is 38.9. The summed E-state index contributed by atoms with van der Waals surface area (Å²) in [6.07, 6.45) is -1.82. The molecule has 1 aromatic rings. The molecule has 5 heteroatoms. The van der Waals surface area contributed by atoms with Crippen LogP contribution < -0.4 is 5.32 Å². The summed E-state index contributed by atoms with van der Waals surface area (Å²) in [7, 11) is 0. The zero-order valence-electron chi connectivity index (χ0n) is 11.3. The molecule has 0 heterocycles. The van der Waals surface area contributed by atoms with Crippen LogP contribution in [0.5, 0.6) is 0 Å². The molecule has 2 N–H and O–H groups in total. The number of halogens is 3. The van der Waals surface area contributed by atoms with Crippen molar-refractivity contribution in [3.63, 3.8) is 0 Å². The Bertz CT molecular complexity index is 433. The van der Waals surface area contributed by atoms with Crippen molar-refractivity contribution in [3.8, 4) is 0 Å². The van der Waals surface area contributed by atoms with E-state index in [0.29, 0.717) is 19.4 Å². The highest BCUT2D eigenvalue weighted by atomic mass is 19.4. The molecule has 0 spiro atoms. The number of benzene rings is 1. The van der Waals surface area contributed by atoms with E-state index in [-0.39, 0.29) is 13.0 Å². The van der Waals surface area contributed by atoms with E-state index in [4.69, 9.17) is 5.11 Å². The fraction of sp³-hybridized carbons (Fsp3) is 0.600. The molecule has 0 bridgehead atoms. The van der Waals surface area contributed by atoms with Crippen LogP contribution in [0.1, 0.15) is 36.8 Å². The summed E-state index contributed by atoms with van der Waals surface area (Å²) in [5.74, 6) is -1.24. The van der Waals surface area contributed by atoms with Crippen molar-refractivity contribution in [2.45, 2.75) is 51.1 Å². The zero-order chi connectivity index (χ0) is 14.6. The molecule has 1 saturated carbocycles. The first-order chi connectivity index (χ1) is 9.50. The smallest absolute Gasteiger partial charge is 0.392 e. The minimum absolute atomic E-state index is 0.0531. The Kier molecular flexibility index (Phi) is 5.05. The number of hydrogen-bond donors (Lipinski definition) is 2. The average Bonchev–Trinajstić information content (AvgIpc) is 2.44. The van der Waals surface area contributed by atoms with Crippen LogP contribution in [0, 0.1) is 5.92 Å². The van der Waals surface area contributed by atoms with Gasteiger partial charge in [-0.1, -0.05) is 37.1 Å². The maximum atomic E-state index is 13.0. The summed E-state index contributed by atoms with van der Waals surface area (Å²) in [5, 5.41) is 12.1. The van der Waals surface area contributed by atoms with E-state index in [2.05, 4.69) is 5.32 Å². The van der Waals surface area contributed by atoms with Gasteiger partial charge in [0.05, 0.1) is 12.5 Å². The fourth-order valence-electron chi connectivity index (χ4n) is 2.85. The lowest BCUT2D eigenvalue weighted by atomic mass is 9.84. The van der Waals surface area contributed by atoms with Crippen LogP contribution in [-0.2, 0) is 13.2 Å². The van der Waals surface area contributed by atoms with Gasteiger partial charge in [-0.15, -0.1) is 0 Å². The molecule has 0 saturated heterocycles. The van der Waals surface area contributed by atoms with E-state index in [1.807, 2.05) is 18.2 Å². The highest BCUT2D eigenvalue weighted by Gasteiger charge is 2.45. The van der Waals surface area contributed by atoms with Gasteiger partial charge < -0.3 is 10.4 Å². The van der Waals surface area contributed by atoms with Crippen LogP contribution in [0.4, 0.5) is 13.2 Å². The zero-order valence-corrected chi connectivity index (χ0v) is 11.3. The van der Waals surface area contributed by atoms with Crippen molar-refractivity contribution < 1.29 is 18.3 Å². The molecule has 1 fully saturated rings. The third-order valence-corrected chi connectivity index (χ3v) is 3.93. The second kappa shape index (κ2) is 6.59. The highest BCUT2D eigenvalue weighted by molar-refractivity contribution is 5.22. The van der Waals surface area contributed by atoms with Gasteiger partial charge in [0.15, 0.2) is 0 Å². The third-order valence-electron chi connectivity index (χ3n) is 3.93. The van der Waals surface area contributed by atoms with E-state index in [9.17, 15) is 13.2 Å². The fourth-order valence-corrected chi connectivity index (χ4v) is 2.85. The molecule has 0 amide bonds. The second-order valence-electron chi connectivity index (χ2n) is 5.40. The minimum Gasteiger partial charge on any atom is -0.392 e. The monoisotopic (exact) mass is 287 g/mol. The Labute approximate surface area is 117 Å². The maximum absolute atomic E-state index is 13.0. The van der Waals surface area contributed by atoms with Crippen molar-refractivity contribution in [2.24, 2.45) is 5.92 Å². The van der Waals surface area contributed by atoms with Gasteiger partial charge in [0.1, 0.15) is 0 Å². The summed E-state index contributed by atoms with van der Waals surface area (Å²) in [5.41, 5.74) is 1.68. The first kappa shape index (κ1) is 15.3. The van der Waals surface area contributed by atoms with Crippen LogP contribution >= 0.6 is 0 Å². The number of nitrogens with one attached hydrogen (secondary N) is 1. The lowest BCUT2D eigenvalue weighted by Crippen LogP contribution is -2.45. The molecule has 1 aliphatic rings. The first-order valence-electron chi connectivity index (χ1n) is 6.99. The van der Waals surface area contributed by atoms with E-state index in [0.717, 1.165) is 17.5 Å². The first-order valence-corrected chi connectivity index (χ1v) is 6.99. The normalized spacial score (nSPS) is 23.8. The molecule has 112 valence electrons. The van der Waals surface area contributed by atoms with Crippen LogP contribution in [-0.4, -0.2) is 17.3 Å². The van der Waals surface area contributed by atoms with Gasteiger partial charge in [-0.05, 0) is 24.0 Å². The van der Waals surface area contributed by atoms with Crippen molar-refractivity contribution in [1.82, 2.24) is 5.32 Å². The molecule has 2 unspecified atom stereocenters. The van der Waals surface area contributed by atoms with Gasteiger partial charge >= 0.3 is 6.18 Å². The van der Waals surface area contributed by atoms with Crippen LogP contribution in [0.25, 0.3) is 0 Å². The van der Waals surface area contributed by atoms with Crippen LogP contribution in [0.2, 0.25) is 0 Å². The molecule has 0 aromatic heterocycles. The largest absolute Gasteiger partial charge is 0.393 e. The second-order valence-corrected chi connectivity index (χ2v) is 5.40. The van der Waals surface area contributed by atoms with Gasteiger partial charge in [-0.2, -0.15) is 13.2 Å².